The van der Waals surface area contributed by atoms with E-state index < -0.39 is 0 Å². The fourth-order valence-electron chi connectivity index (χ4n) is 2.03. The first-order valence-corrected chi connectivity index (χ1v) is 8.39. The largest absolute Gasteiger partial charge is 0.307 e. The summed E-state index contributed by atoms with van der Waals surface area (Å²) in [6.07, 6.45) is 1.65. The monoisotopic (exact) mass is 386 g/mol. The van der Waals surface area contributed by atoms with Crippen LogP contribution in [0, 0.1) is 11.3 Å². The summed E-state index contributed by atoms with van der Waals surface area (Å²) >= 11 is 5.05. The van der Waals surface area contributed by atoms with Gasteiger partial charge in [0, 0.05) is 26.4 Å². The molecule has 0 unspecified atom stereocenters. The Bertz CT molecular complexity index is 876. The average molecular weight is 387 g/mol. The first-order chi connectivity index (χ1) is 11.2. The van der Waals surface area contributed by atoms with E-state index in [0.29, 0.717) is 23.5 Å². The van der Waals surface area contributed by atoms with Crippen molar-refractivity contribution in [3.63, 3.8) is 0 Å². The highest BCUT2D eigenvalue weighted by molar-refractivity contribution is 9.10. The van der Waals surface area contributed by atoms with Crippen LogP contribution in [0.3, 0.4) is 0 Å². The molecule has 0 aliphatic carbocycles. The molecule has 5 nitrogen and oxygen atoms in total. The van der Waals surface area contributed by atoms with Gasteiger partial charge in [-0.2, -0.15) is 10.4 Å². The van der Waals surface area contributed by atoms with Gasteiger partial charge in [0.2, 0.25) is 0 Å². The smallest absolute Gasteiger partial charge is 0.256 e. The van der Waals surface area contributed by atoms with Crippen LogP contribution in [0.15, 0.2) is 52.4 Å². The van der Waals surface area contributed by atoms with E-state index in [2.05, 4.69) is 26.3 Å². The average Bonchev–Trinajstić information content (AvgIpc) is 3.17. The Hall–Kier alpha value is -2.43. The fraction of sp³-hybridized carbons (Fsp3) is 0.0625. The van der Waals surface area contributed by atoms with Crippen molar-refractivity contribution in [2.45, 2.75) is 6.54 Å². The minimum atomic E-state index is -0.233. The third-order valence-corrected chi connectivity index (χ3v) is 4.84. The maximum Gasteiger partial charge on any atom is 0.256 e. The molecule has 0 saturated heterocycles. The fourth-order valence-corrected chi connectivity index (χ4v) is 3.47. The molecule has 1 aromatic carbocycles. The maximum absolute atomic E-state index is 12.3. The van der Waals surface area contributed by atoms with Crippen molar-refractivity contribution < 1.29 is 4.79 Å². The summed E-state index contributed by atoms with van der Waals surface area (Å²) in [6.45, 7) is 0.590. The molecule has 23 heavy (non-hydrogen) atoms. The lowest BCUT2D eigenvalue weighted by Crippen LogP contribution is -2.16. The number of halogens is 1. The first-order valence-electron chi connectivity index (χ1n) is 6.72. The van der Waals surface area contributed by atoms with E-state index in [0.717, 1.165) is 9.35 Å². The molecule has 0 spiro atoms. The van der Waals surface area contributed by atoms with Gasteiger partial charge in [0.1, 0.15) is 5.82 Å². The molecule has 114 valence electrons. The van der Waals surface area contributed by atoms with Gasteiger partial charge in [0.15, 0.2) is 0 Å². The van der Waals surface area contributed by atoms with Crippen LogP contribution in [0.5, 0.6) is 0 Å². The zero-order valence-corrected chi connectivity index (χ0v) is 14.3. The lowest BCUT2D eigenvalue weighted by atomic mass is 10.1. The van der Waals surface area contributed by atoms with Crippen molar-refractivity contribution in [2.24, 2.45) is 0 Å². The lowest BCUT2D eigenvalue weighted by molar-refractivity contribution is 0.102. The van der Waals surface area contributed by atoms with Crippen LogP contribution in [-0.2, 0) is 6.54 Å². The molecule has 0 fully saturated rings. The number of nitrogens with zero attached hydrogens (tertiary/aromatic N) is 3. The molecule has 3 aromatic rings. The second kappa shape index (κ2) is 6.77. The summed E-state index contributed by atoms with van der Waals surface area (Å²) in [5.74, 6) is 0.396. The number of carbonyl (C=O) groups excluding carboxylic acids is 1. The zero-order valence-electron chi connectivity index (χ0n) is 11.9. The van der Waals surface area contributed by atoms with Crippen molar-refractivity contribution in [3.8, 4) is 6.07 Å². The Kier molecular flexibility index (Phi) is 4.55. The summed E-state index contributed by atoms with van der Waals surface area (Å²) in [5.41, 5.74) is 1.02. The number of rotatable bonds is 4. The predicted molar refractivity (Wildman–Crippen MR) is 92.5 cm³/mol. The van der Waals surface area contributed by atoms with E-state index in [1.54, 1.807) is 52.5 Å². The molecule has 0 aliphatic heterocycles. The van der Waals surface area contributed by atoms with Crippen LogP contribution < -0.4 is 5.32 Å². The van der Waals surface area contributed by atoms with Gasteiger partial charge in [-0.1, -0.05) is 0 Å². The topological polar surface area (TPSA) is 70.7 Å². The van der Waals surface area contributed by atoms with Crippen molar-refractivity contribution >= 4 is 39.0 Å². The highest BCUT2D eigenvalue weighted by Crippen LogP contribution is 2.21. The lowest BCUT2D eigenvalue weighted by Gasteiger charge is -2.08. The molecule has 2 heterocycles. The van der Waals surface area contributed by atoms with Gasteiger partial charge < -0.3 is 5.32 Å². The van der Waals surface area contributed by atoms with E-state index in [-0.39, 0.29) is 5.91 Å². The van der Waals surface area contributed by atoms with E-state index in [4.69, 9.17) is 5.26 Å². The van der Waals surface area contributed by atoms with Crippen molar-refractivity contribution in [1.82, 2.24) is 9.78 Å². The SMILES string of the molecule is N#Cc1ccc(C(=O)Nc2ccnn2Cc2cc(Br)cs2)cc1. The Labute approximate surface area is 145 Å². The minimum Gasteiger partial charge on any atom is -0.307 e. The molecule has 0 atom stereocenters. The van der Waals surface area contributed by atoms with Crippen LogP contribution in [0.1, 0.15) is 20.8 Å². The van der Waals surface area contributed by atoms with Crippen LogP contribution >= 0.6 is 27.3 Å². The molecule has 0 saturated carbocycles. The number of benzene rings is 1. The van der Waals surface area contributed by atoms with Crippen molar-refractivity contribution in [3.05, 3.63) is 68.5 Å². The third-order valence-electron chi connectivity index (χ3n) is 3.16. The maximum atomic E-state index is 12.3. The Morgan fingerprint density at radius 3 is 2.78 bits per heavy atom. The van der Waals surface area contributed by atoms with Gasteiger partial charge in [0.25, 0.3) is 5.91 Å². The number of aromatic nitrogens is 2. The van der Waals surface area contributed by atoms with Gasteiger partial charge in [-0.15, -0.1) is 11.3 Å². The quantitative estimate of drug-likeness (QED) is 0.739. The van der Waals surface area contributed by atoms with E-state index >= 15 is 0 Å². The van der Waals surface area contributed by atoms with E-state index in [9.17, 15) is 4.79 Å². The van der Waals surface area contributed by atoms with Gasteiger partial charge in [0.05, 0.1) is 24.4 Å². The second-order valence-corrected chi connectivity index (χ2v) is 6.66. The highest BCUT2D eigenvalue weighted by Gasteiger charge is 2.10. The molecular formula is C16H11BrN4OS. The predicted octanol–water partition coefficient (Wildman–Crippen LogP) is 3.88. The summed E-state index contributed by atoms with van der Waals surface area (Å²) in [7, 11) is 0. The molecule has 0 radical (unpaired) electrons. The van der Waals surface area contributed by atoms with E-state index in [1.165, 1.54) is 0 Å². The van der Waals surface area contributed by atoms with Gasteiger partial charge in [-0.05, 0) is 46.3 Å². The zero-order chi connectivity index (χ0) is 16.2. The number of nitrogens with one attached hydrogen (secondary N) is 1. The van der Waals surface area contributed by atoms with E-state index in [1.807, 2.05) is 17.5 Å². The van der Waals surface area contributed by atoms with Gasteiger partial charge in [-0.3, -0.25) is 4.79 Å². The number of amides is 1. The number of anilines is 1. The molecule has 1 amide bonds. The number of hydrogen-bond acceptors (Lipinski definition) is 4. The van der Waals surface area contributed by atoms with Crippen LogP contribution in [-0.4, -0.2) is 15.7 Å². The van der Waals surface area contributed by atoms with Crippen molar-refractivity contribution in [1.29, 1.82) is 5.26 Å². The summed E-state index contributed by atoms with van der Waals surface area (Å²) in [5, 5.41) is 17.9. The summed E-state index contributed by atoms with van der Waals surface area (Å²) in [4.78, 5) is 13.4. The molecule has 1 N–H and O–H groups in total. The number of thiophene rings is 1. The second-order valence-electron chi connectivity index (χ2n) is 4.75. The molecule has 2 aromatic heterocycles. The van der Waals surface area contributed by atoms with Crippen LogP contribution in [0.2, 0.25) is 0 Å². The minimum absolute atomic E-state index is 0.233. The van der Waals surface area contributed by atoms with Gasteiger partial charge in [-0.25, -0.2) is 4.68 Å². The Morgan fingerprint density at radius 2 is 2.13 bits per heavy atom. The van der Waals surface area contributed by atoms with Gasteiger partial charge >= 0.3 is 0 Å². The molecule has 7 heteroatoms. The standard InChI is InChI=1S/C16H11BrN4OS/c17-13-7-14(23-10-13)9-21-15(5-6-19-21)20-16(22)12-3-1-11(8-18)2-4-12/h1-7,10H,9H2,(H,20,22). The molecular weight excluding hydrogens is 376 g/mol. The Balaban J connectivity index is 1.74. The first kappa shape index (κ1) is 15.5. The highest BCUT2D eigenvalue weighted by atomic mass is 79.9. The molecule has 3 rings (SSSR count). The third kappa shape index (κ3) is 3.67. The Morgan fingerprint density at radius 1 is 1.35 bits per heavy atom. The molecule has 0 bridgehead atoms. The normalized spacial score (nSPS) is 10.3. The van der Waals surface area contributed by atoms with Crippen molar-refractivity contribution in [2.75, 3.05) is 5.32 Å². The summed E-state index contributed by atoms with van der Waals surface area (Å²) in [6, 6.07) is 12.3. The number of nitriles is 1. The molecule has 0 aliphatic rings. The summed E-state index contributed by atoms with van der Waals surface area (Å²) < 4.78 is 2.77. The van der Waals surface area contributed by atoms with Crippen LogP contribution in [0.4, 0.5) is 5.82 Å². The van der Waals surface area contributed by atoms with Crippen LogP contribution in [0.25, 0.3) is 0 Å². The number of carbonyl (C=O) groups is 1. The number of hydrogen-bond donors (Lipinski definition) is 1.